The van der Waals surface area contributed by atoms with Crippen LogP contribution >= 0.6 is 11.6 Å². The number of carbonyl (C=O) groups is 2. The summed E-state index contributed by atoms with van der Waals surface area (Å²) in [5.41, 5.74) is 0. The molecule has 0 aliphatic carbocycles. The number of ether oxygens (including phenoxy) is 1. The normalized spacial score (nSPS) is 17.2. The highest BCUT2D eigenvalue weighted by Crippen LogP contribution is 2.13. The summed E-state index contributed by atoms with van der Waals surface area (Å²) in [7, 11) is 0. The fourth-order valence-corrected chi connectivity index (χ4v) is 1.76. The minimum atomic E-state index is -0.460. The maximum Gasteiger partial charge on any atom is 0.324 e. The van der Waals surface area contributed by atoms with Crippen LogP contribution in [0.2, 0.25) is 0 Å². The van der Waals surface area contributed by atoms with Crippen LogP contribution < -0.4 is 5.32 Å². The molecule has 0 bridgehead atoms. The SMILES string of the molecule is CCOC1CCN(C(=O)NC(=O)CCl)CC1. The van der Waals surface area contributed by atoms with E-state index in [0.29, 0.717) is 19.7 Å². The van der Waals surface area contributed by atoms with Gasteiger partial charge in [0.2, 0.25) is 5.91 Å². The van der Waals surface area contributed by atoms with E-state index in [4.69, 9.17) is 16.3 Å². The second-order valence-electron chi connectivity index (χ2n) is 3.63. The van der Waals surface area contributed by atoms with E-state index in [1.165, 1.54) is 0 Å². The van der Waals surface area contributed by atoms with Crippen LogP contribution in [0.15, 0.2) is 0 Å². The van der Waals surface area contributed by atoms with Crippen molar-refractivity contribution in [2.24, 2.45) is 0 Å². The highest BCUT2D eigenvalue weighted by Gasteiger charge is 2.23. The molecule has 0 saturated carbocycles. The molecule has 1 aliphatic rings. The number of likely N-dealkylation sites (tertiary alicyclic amines) is 1. The van der Waals surface area contributed by atoms with Crippen molar-refractivity contribution in [3.63, 3.8) is 0 Å². The quantitative estimate of drug-likeness (QED) is 0.757. The second-order valence-corrected chi connectivity index (χ2v) is 3.90. The third kappa shape index (κ3) is 3.98. The molecule has 6 heteroatoms. The number of urea groups is 1. The van der Waals surface area contributed by atoms with Crippen LogP contribution in [0.5, 0.6) is 0 Å². The number of carbonyl (C=O) groups excluding carboxylic acids is 2. The first-order chi connectivity index (χ1) is 7.67. The summed E-state index contributed by atoms with van der Waals surface area (Å²) in [6, 6.07) is -0.361. The molecule has 3 amide bonds. The van der Waals surface area contributed by atoms with Crippen LogP contribution in [0, 0.1) is 0 Å². The zero-order valence-electron chi connectivity index (χ0n) is 9.37. The lowest BCUT2D eigenvalue weighted by Gasteiger charge is -2.31. The molecule has 0 aromatic heterocycles. The Hall–Kier alpha value is -0.810. The van der Waals surface area contributed by atoms with Gasteiger partial charge in [0.15, 0.2) is 0 Å². The maximum absolute atomic E-state index is 11.5. The Morgan fingerprint density at radius 3 is 2.56 bits per heavy atom. The largest absolute Gasteiger partial charge is 0.378 e. The Kier molecular flexibility index (Phi) is 5.55. The molecule has 0 unspecified atom stereocenters. The van der Waals surface area contributed by atoms with E-state index < -0.39 is 5.91 Å². The van der Waals surface area contributed by atoms with Gasteiger partial charge in [0, 0.05) is 19.7 Å². The summed E-state index contributed by atoms with van der Waals surface area (Å²) < 4.78 is 5.47. The molecule has 92 valence electrons. The lowest BCUT2D eigenvalue weighted by atomic mass is 10.1. The van der Waals surface area contributed by atoms with Gasteiger partial charge < -0.3 is 9.64 Å². The van der Waals surface area contributed by atoms with Gasteiger partial charge in [-0.2, -0.15) is 0 Å². The van der Waals surface area contributed by atoms with Gasteiger partial charge in [-0.15, -0.1) is 11.6 Å². The van der Waals surface area contributed by atoms with Crippen molar-refractivity contribution in [1.82, 2.24) is 10.2 Å². The highest BCUT2D eigenvalue weighted by molar-refractivity contribution is 6.28. The Balaban J connectivity index is 2.30. The molecule has 0 spiro atoms. The molecule has 16 heavy (non-hydrogen) atoms. The molecule has 5 nitrogen and oxygen atoms in total. The predicted molar refractivity (Wildman–Crippen MR) is 60.5 cm³/mol. The first-order valence-electron chi connectivity index (χ1n) is 5.43. The zero-order valence-corrected chi connectivity index (χ0v) is 10.1. The number of alkyl halides is 1. The van der Waals surface area contributed by atoms with E-state index in [1.807, 2.05) is 6.92 Å². The smallest absolute Gasteiger partial charge is 0.324 e. The van der Waals surface area contributed by atoms with E-state index >= 15 is 0 Å². The molecular weight excluding hydrogens is 232 g/mol. The Morgan fingerprint density at radius 2 is 2.06 bits per heavy atom. The summed E-state index contributed by atoms with van der Waals surface area (Å²) in [4.78, 5) is 24.1. The maximum atomic E-state index is 11.5. The number of hydrogen-bond acceptors (Lipinski definition) is 3. The molecule has 1 heterocycles. The second kappa shape index (κ2) is 6.70. The van der Waals surface area contributed by atoms with Crippen LogP contribution in [-0.2, 0) is 9.53 Å². The Labute approximate surface area is 100 Å². The molecule has 1 aliphatic heterocycles. The molecule has 1 N–H and O–H groups in total. The van der Waals surface area contributed by atoms with Crippen molar-refractivity contribution in [3.8, 4) is 0 Å². The fraction of sp³-hybridized carbons (Fsp3) is 0.800. The summed E-state index contributed by atoms with van der Waals surface area (Å²) in [6.45, 7) is 3.89. The molecule has 1 rings (SSSR count). The first-order valence-corrected chi connectivity index (χ1v) is 5.97. The summed E-state index contributed by atoms with van der Waals surface area (Å²) in [6.07, 6.45) is 1.87. The first kappa shape index (κ1) is 13.3. The third-order valence-corrected chi connectivity index (χ3v) is 2.74. The van der Waals surface area contributed by atoms with Crippen LogP contribution in [0.25, 0.3) is 0 Å². The van der Waals surface area contributed by atoms with Gasteiger partial charge in [0.1, 0.15) is 5.88 Å². The van der Waals surface area contributed by atoms with Crippen LogP contribution in [0.4, 0.5) is 4.79 Å². The molecule has 1 saturated heterocycles. The van der Waals surface area contributed by atoms with E-state index in [9.17, 15) is 9.59 Å². The van der Waals surface area contributed by atoms with Crippen molar-refractivity contribution in [3.05, 3.63) is 0 Å². The number of piperidine rings is 1. The topological polar surface area (TPSA) is 58.6 Å². The molecule has 1 fully saturated rings. The predicted octanol–water partition coefficient (Wildman–Crippen LogP) is 0.962. The molecule has 0 aromatic carbocycles. The van der Waals surface area contributed by atoms with Crippen LogP contribution in [0.3, 0.4) is 0 Å². The standard InChI is InChI=1S/C10H17ClN2O3/c1-2-16-8-3-5-13(6-4-8)10(15)12-9(14)7-11/h8H,2-7H2,1H3,(H,12,14,15). The third-order valence-electron chi connectivity index (χ3n) is 2.50. The molecule has 0 atom stereocenters. The number of rotatable bonds is 3. The fourth-order valence-electron chi connectivity index (χ4n) is 1.69. The molecule has 0 aromatic rings. The lowest BCUT2D eigenvalue weighted by molar-refractivity contribution is -0.117. The number of hydrogen-bond donors (Lipinski definition) is 1. The van der Waals surface area contributed by atoms with E-state index in [0.717, 1.165) is 12.8 Å². The van der Waals surface area contributed by atoms with Gasteiger partial charge >= 0.3 is 6.03 Å². The summed E-state index contributed by atoms with van der Waals surface area (Å²) in [5, 5.41) is 2.22. The number of halogens is 1. The van der Waals surface area contributed by atoms with Crippen molar-refractivity contribution in [2.75, 3.05) is 25.6 Å². The van der Waals surface area contributed by atoms with Gasteiger partial charge in [-0.3, -0.25) is 10.1 Å². The summed E-state index contributed by atoms with van der Waals surface area (Å²) in [5.74, 6) is -0.653. The number of amides is 3. The summed E-state index contributed by atoms with van der Waals surface area (Å²) >= 11 is 5.30. The van der Waals surface area contributed by atoms with E-state index in [2.05, 4.69) is 5.32 Å². The number of nitrogens with zero attached hydrogens (tertiary/aromatic N) is 1. The Bertz CT molecular complexity index is 252. The van der Waals surface area contributed by atoms with Crippen LogP contribution in [-0.4, -0.2) is 48.5 Å². The average molecular weight is 249 g/mol. The van der Waals surface area contributed by atoms with E-state index in [-0.39, 0.29) is 18.0 Å². The number of nitrogens with one attached hydrogen (secondary N) is 1. The van der Waals surface area contributed by atoms with Gasteiger partial charge in [0.25, 0.3) is 0 Å². The van der Waals surface area contributed by atoms with Crippen molar-refractivity contribution < 1.29 is 14.3 Å². The zero-order chi connectivity index (χ0) is 12.0. The van der Waals surface area contributed by atoms with Gasteiger partial charge in [-0.05, 0) is 19.8 Å². The Morgan fingerprint density at radius 1 is 1.44 bits per heavy atom. The molecular formula is C10H17ClN2O3. The van der Waals surface area contributed by atoms with Crippen LogP contribution in [0.1, 0.15) is 19.8 Å². The van der Waals surface area contributed by atoms with Crippen molar-refractivity contribution in [1.29, 1.82) is 0 Å². The van der Waals surface area contributed by atoms with Gasteiger partial charge in [0.05, 0.1) is 6.10 Å². The minimum Gasteiger partial charge on any atom is -0.378 e. The van der Waals surface area contributed by atoms with Gasteiger partial charge in [-0.25, -0.2) is 4.79 Å². The monoisotopic (exact) mass is 248 g/mol. The lowest BCUT2D eigenvalue weighted by Crippen LogP contribution is -2.47. The minimum absolute atomic E-state index is 0.193. The van der Waals surface area contributed by atoms with Gasteiger partial charge in [-0.1, -0.05) is 0 Å². The molecule has 0 radical (unpaired) electrons. The highest BCUT2D eigenvalue weighted by atomic mass is 35.5. The van der Waals surface area contributed by atoms with Crippen molar-refractivity contribution in [2.45, 2.75) is 25.9 Å². The average Bonchev–Trinajstić information content (AvgIpc) is 2.30. The van der Waals surface area contributed by atoms with Crippen molar-refractivity contribution >= 4 is 23.5 Å². The number of imide groups is 1. The van der Waals surface area contributed by atoms with E-state index in [1.54, 1.807) is 4.90 Å².